The molecule has 0 unspecified atom stereocenters. The summed E-state index contributed by atoms with van der Waals surface area (Å²) < 4.78 is 4.82. The number of fused-ring (bicyclic) bond motifs is 5. The van der Waals surface area contributed by atoms with E-state index in [9.17, 15) is 9.59 Å². The highest BCUT2D eigenvalue weighted by Crippen LogP contribution is 2.67. The van der Waals surface area contributed by atoms with Crippen LogP contribution < -0.4 is 0 Å². The van der Waals surface area contributed by atoms with Crippen LogP contribution in [0.25, 0.3) is 0 Å². The first-order valence-electron chi connectivity index (χ1n) is 12.4. The zero-order valence-electron chi connectivity index (χ0n) is 20.1. The fraction of sp³-hybridized carbons (Fsp3) is 0.714. The van der Waals surface area contributed by atoms with Gasteiger partial charge in [-0.2, -0.15) is 0 Å². The molecule has 31 heavy (non-hydrogen) atoms. The van der Waals surface area contributed by atoms with Crippen molar-refractivity contribution in [3.63, 3.8) is 0 Å². The highest BCUT2D eigenvalue weighted by Gasteiger charge is 2.58. The van der Waals surface area contributed by atoms with Gasteiger partial charge in [0.1, 0.15) is 0 Å². The van der Waals surface area contributed by atoms with Crippen LogP contribution in [0.15, 0.2) is 35.5 Å². The van der Waals surface area contributed by atoms with Crippen molar-refractivity contribution in [1.82, 2.24) is 0 Å². The summed E-state index contributed by atoms with van der Waals surface area (Å²) in [5.74, 6) is 3.71. The third kappa shape index (κ3) is 3.76. The first-order valence-corrected chi connectivity index (χ1v) is 12.4. The monoisotopic (exact) mass is 424 g/mol. The Bertz CT molecular complexity index is 833. The maximum absolute atomic E-state index is 12.0. The van der Waals surface area contributed by atoms with Crippen LogP contribution in [-0.4, -0.2) is 18.9 Å². The number of carbonyl (C=O) groups excluding carboxylic acids is 2. The lowest BCUT2D eigenvalue weighted by Gasteiger charge is -2.57. The number of allylic oxidation sites excluding steroid dienone is 5. The van der Waals surface area contributed by atoms with E-state index in [4.69, 9.17) is 4.74 Å². The maximum Gasteiger partial charge on any atom is 0.333 e. The zero-order chi connectivity index (χ0) is 22.4. The SMILES string of the molecule is COC(=O)/C(C)=C/CC[C@@H](C)[C@H]1CC[C@H]2[C@@H]3CCC4=CC(=O)C=C[C@]4(C)[C@H]3CC[C@]12C. The lowest BCUT2D eigenvalue weighted by atomic mass is 9.47. The molecule has 0 aromatic carbocycles. The Kier molecular flexibility index (Phi) is 6.09. The van der Waals surface area contributed by atoms with Gasteiger partial charge in [-0.15, -0.1) is 0 Å². The zero-order valence-corrected chi connectivity index (χ0v) is 20.1. The standard InChI is InChI=1S/C28H40O3/c1-18(7-6-8-19(2)26(30)31-5)23-11-12-24-22-10-9-20-17-21(29)13-15-27(20,3)25(22)14-16-28(23,24)4/h8,13,15,17-18,22-25H,6-7,9-12,14,16H2,1-5H3/b19-8+/t18-,22+,23-,24+,25+,27+,28-/m1/s1. The van der Waals surface area contributed by atoms with Gasteiger partial charge in [-0.1, -0.05) is 38.5 Å². The minimum absolute atomic E-state index is 0.0953. The first kappa shape index (κ1) is 22.6. The molecule has 0 amide bonds. The van der Waals surface area contributed by atoms with Gasteiger partial charge in [0, 0.05) is 11.0 Å². The molecule has 0 bridgehead atoms. The lowest BCUT2D eigenvalue weighted by molar-refractivity contribution is -0.136. The summed E-state index contributed by atoms with van der Waals surface area (Å²) in [4.78, 5) is 23.6. The molecule has 0 aromatic heterocycles. The molecule has 0 aromatic rings. The van der Waals surface area contributed by atoms with Crippen molar-refractivity contribution in [3.8, 4) is 0 Å². The molecule has 4 aliphatic carbocycles. The van der Waals surface area contributed by atoms with Crippen LogP contribution in [0.3, 0.4) is 0 Å². The van der Waals surface area contributed by atoms with Gasteiger partial charge in [0.05, 0.1) is 7.11 Å². The average molecular weight is 425 g/mol. The Balaban J connectivity index is 1.46. The Morgan fingerprint density at radius 1 is 1.23 bits per heavy atom. The van der Waals surface area contributed by atoms with E-state index in [1.165, 1.54) is 44.8 Å². The van der Waals surface area contributed by atoms with Gasteiger partial charge < -0.3 is 4.74 Å². The Labute approximate surface area is 188 Å². The van der Waals surface area contributed by atoms with Crippen molar-refractivity contribution in [1.29, 1.82) is 0 Å². The van der Waals surface area contributed by atoms with Crippen LogP contribution in [0, 0.1) is 40.4 Å². The molecule has 0 N–H and O–H groups in total. The summed E-state index contributed by atoms with van der Waals surface area (Å²) in [6.07, 6.45) is 17.8. The van der Waals surface area contributed by atoms with Crippen molar-refractivity contribution in [2.24, 2.45) is 40.4 Å². The van der Waals surface area contributed by atoms with Crippen molar-refractivity contribution < 1.29 is 14.3 Å². The van der Waals surface area contributed by atoms with Gasteiger partial charge in [-0.3, -0.25) is 4.79 Å². The van der Waals surface area contributed by atoms with Gasteiger partial charge >= 0.3 is 5.97 Å². The summed E-state index contributed by atoms with van der Waals surface area (Å²) in [7, 11) is 1.45. The van der Waals surface area contributed by atoms with Gasteiger partial charge in [0.25, 0.3) is 0 Å². The number of ether oxygens (including phenoxy) is 1. The summed E-state index contributed by atoms with van der Waals surface area (Å²) >= 11 is 0. The smallest absolute Gasteiger partial charge is 0.333 e. The number of ketones is 1. The minimum Gasteiger partial charge on any atom is -0.466 e. The highest BCUT2D eigenvalue weighted by atomic mass is 16.5. The average Bonchev–Trinajstić information content (AvgIpc) is 3.10. The number of rotatable bonds is 5. The van der Waals surface area contributed by atoms with Gasteiger partial charge in [-0.05, 0) is 105 Å². The van der Waals surface area contributed by atoms with Crippen LogP contribution in [-0.2, 0) is 14.3 Å². The Morgan fingerprint density at radius 2 is 2.00 bits per heavy atom. The molecule has 170 valence electrons. The van der Waals surface area contributed by atoms with Crippen LogP contribution in [0.5, 0.6) is 0 Å². The number of hydrogen-bond acceptors (Lipinski definition) is 3. The molecule has 7 atom stereocenters. The molecule has 0 saturated heterocycles. The van der Waals surface area contributed by atoms with Crippen molar-refractivity contribution in [3.05, 3.63) is 35.5 Å². The molecule has 3 fully saturated rings. The van der Waals surface area contributed by atoms with Crippen molar-refractivity contribution in [2.75, 3.05) is 7.11 Å². The van der Waals surface area contributed by atoms with E-state index in [2.05, 4.69) is 32.9 Å². The topological polar surface area (TPSA) is 43.4 Å². The van der Waals surface area contributed by atoms with Gasteiger partial charge in [0.15, 0.2) is 5.78 Å². The van der Waals surface area contributed by atoms with E-state index in [0.717, 1.165) is 42.6 Å². The highest BCUT2D eigenvalue weighted by molar-refractivity contribution is 6.01. The van der Waals surface area contributed by atoms with E-state index in [-0.39, 0.29) is 17.2 Å². The van der Waals surface area contributed by atoms with Gasteiger partial charge in [0.2, 0.25) is 0 Å². The number of methoxy groups -OCH3 is 1. The quantitative estimate of drug-likeness (QED) is 0.376. The Morgan fingerprint density at radius 3 is 2.74 bits per heavy atom. The molecule has 0 spiro atoms. The molecule has 4 aliphatic rings. The molecular weight excluding hydrogens is 384 g/mol. The van der Waals surface area contributed by atoms with Crippen LogP contribution in [0.1, 0.15) is 79.1 Å². The third-order valence-electron chi connectivity index (χ3n) is 9.90. The molecule has 3 saturated carbocycles. The van der Waals surface area contributed by atoms with Gasteiger partial charge in [-0.25, -0.2) is 4.79 Å². The predicted octanol–water partition coefficient (Wildman–Crippen LogP) is 6.45. The van der Waals surface area contributed by atoms with E-state index in [1.807, 2.05) is 19.1 Å². The number of esters is 1. The molecule has 0 radical (unpaired) electrons. The van der Waals surface area contributed by atoms with E-state index >= 15 is 0 Å². The largest absolute Gasteiger partial charge is 0.466 e. The third-order valence-corrected chi connectivity index (χ3v) is 9.90. The summed E-state index contributed by atoms with van der Waals surface area (Å²) in [5, 5.41) is 0. The van der Waals surface area contributed by atoms with Crippen molar-refractivity contribution >= 4 is 11.8 Å². The number of hydrogen-bond donors (Lipinski definition) is 0. The summed E-state index contributed by atoms with van der Waals surface area (Å²) in [6.45, 7) is 9.27. The molecule has 4 rings (SSSR count). The molecule has 3 heteroatoms. The normalized spacial score (nSPS) is 40.5. The minimum atomic E-state index is -0.212. The van der Waals surface area contributed by atoms with E-state index in [0.29, 0.717) is 17.3 Å². The van der Waals surface area contributed by atoms with E-state index in [1.54, 1.807) is 0 Å². The second-order valence-corrected chi connectivity index (χ2v) is 11.3. The van der Waals surface area contributed by atoms with Crippen LogP contribution in [0.2, 0.25) is 0 Å². The second-order valence-electron chi connectivity index (χ2n) is 11.3. The van der Waals surface area contributed by atoms with Crippen LogP contribution >= 0.6 is 0 Å². The summed E-state index contributed by atoms with van der Waals surface area (Å²) in [5.41, 5.74) is 2.65. The Hall–Kier alpha value is -1.64. The maximum atomic E-state index is 12.0. The van der Waals surface area contributed by atoms with E-state index < -0.39 is 0 Å². The molecular formula is C28H40O3. The fourth-order valence-electron chi connectivity index (χ4n) is 8.18. The second kappa shape index (κ2) is 8.37. The molecule has 3 nitrogen and oxygen atoms in total. The lowest BCUT2D eigenvalue weighted by Crippen LogP contribution is -2.50. The predicted molar refractivity (Wildman–Crippen MR) is 124 cm³/mol. The first-order chi connectivity index (χ1) is 14.7. The number of carbonyl (C=O) groups is 2. The molecule has 0 aliphatic heterocycles. The van der Waals surface area contributed by atoms with Crippen molar-refractivity contribution in [2.45, 2.75) is 79.1 Å². The van der Waals surface area contributed by atoms with Crippen LogP contribution in [0.4, 0.5) is 0 Å². The fourth-order valence-corrected chi connectivity index (χ4v) is 8.18. The molecule has 0 heterocycles. The summed E-state index contributed by atoms with van der Waals surface area (Å²) in [6, 6.07) is 0.